The fourth-order valence-electron chi connectivity index (χ4n) is 2.81. The molecule has 1 aliphatic heterocycles. The van der Waals surface area contributed by atoms with Gasteiger partial charge in [-0.3, -0.25) is 9.59 Å². The molecule has 7 heteroatoms. The molecular formula is C15H18N4O3. The van der Waals surface area contributed by atoms with Crippen molar-refractivity contribution in [2.75, 3.05) is 13.6 Å². The number of rotatable bonds is 4. The SMILES string of the molecule is C[C@@H](C(=O)N(C)Cc1ccc2nonc2c1)N1CCCC1=O. The number of fused-ring (bicyclic) bond motifs is 1. The number of hydrogen-bond donors (Lipinski definition) is 0. The van der Waals surface area contributed by atoms with Crippen LogP contribution < -0.4 is 0 Å². The number of likely N-dealkylation sites (N-methyl/N-ethyl adjacent to an activating group) is 1. The van der Waals surface area contributed by atoms with Crippen LogP contribution >= 0.6 is 0 Å². The second-order valence-corrected chi connectivity index (χ2v) is 5.65. The zero-order valence-corrected chi connectivity index (χ0v) is 12.7. The van der Waals surface area contributed by atoms with Gasteiger partial charge in [-0.15, -0.1) is 0 Å². The van der Waals surface area contributed by atoms with Gasteiger partial charge in [-0.05, 0) is 41.4 Å². The number of benzene rings is 1. The summed E-state index contributed by atoms with van der Waals surface area (Å²) < 4.78 is 4.67. The lowest BCUT2D eigenvalue weighted by atomic mass is 10.1. The van der Waals surface area contributed by atoms with Crippen molar-refractivity contribution in [3.05, 3.63) is 23.8 Å². The van der Waals surface area contributed by atoms with Gasteiger partial charge in [0, 0.05) is 26.6 Å². The van der Waals surface area contributed by atoms with E-state index in [2.05, 4.69) is 14.9 Å². The number of aromatic nitrogens is 2. The third kappa shape index (κ3) is 2.66. The van der Waals surface area contributed by atoms with Crippen LogP contribution in [-0.4, -0.2) is 51.6 Å². The zero-order chi connectivity index (χ0) is 15.7. The summed E-state index contributed by atoms with van der Waals surface area (Å²) in [5.74, 6) is -0.00188. The highest BCUT2D eigenvalue weighted by molar-refractivity contribution is 5.88. The second kappa shape index (κ2) is 5.75. The fourth-order valence-corrected chi connectivity index (χ4v) is 2.81. The van der Waals surface area contributed by atoms with Crippen LogP contribution in [-0.2, 0) is 16.1 Å². The molecule has 116 valence electrons. The van der Waals surface area contributed by atoms with Gasteiger partial charge in [0.05, 0.1) is 0 Å². The largest absolute Gasteiger partial charge is 0.340 e. The smallest absolute Gasteiger partial charge is 0.245 e. The molecule has 0 spiro atoms. The molecule has 1 aromatic carbocycles. The first-order valence-electron chi connectivity index (χ1n) is 7.32. The van der Waals surface area contributed by atoms with Crippen molar-refractivity contribution in [3.63, 3.8) is 0 Å². The molecule has 2 aromatic rings. The van der Waals surface area contributed by atoms with Crippen LogP contribution in [0.5, 0.6) is 0 Å². The average molecular weight is 302 g/mol. The van der Waals surface area contributed by atoms with E-state index in [1.807, 2.05) is 18.2 Å². The van der Waals surface area contributed by atoms with Crippen LogP contribution in [0.25, 0.3) is 11.0 Å². The molecule has 2 heterocycles. The van der Waals surface area contributed by atoms with Crippen molar-refractivity contribution in [3.8, 4) is 0 Å². The maximum absolute atomic E-state index is 12.5. The van der Waals surface area contributed by atoms with Crippen LogP contribution in [0.2, 0.25) is 0 Å². The lowest BCUT2D eigenvalue weighted by Gasteiger charge is -2.28. The van der Waals surface area contributed by atoms with Gasteiger partial charge in [-0.1, -0.05) is 6.07 Å². The molecule has 1 atom stereocenters. The molecule has 0 unspecified atom stereocenters. The molecule has 2 amide bonds. The summed E-state index contributed by atoms with van der Waals surface area (Å²) in [6.45, 7) is 2.90. The summed E-state index contributed by atoms with van der Waals surface area (Å²) in [5.41, 5.74) is 2.30. The van der Waals surface area contributed by atoms with Crippen LogP contribution in [0.1, 0.15) is 25.3 Å². The zero-order valence-electron chi connectivity index (χ0n) is 12.7. The number of likely N-dealkylation sites (tertiary alicyclic amines) is 1. The minimum absolute atomic E-state index is 0.0596. The predicted octanol–water partition coefficient (Wildman–Crippen LogP) is 1.19. The van der Waals surface area contributed by atoms with Crippen LogP contribution in [0.3, 0.4) is 0 Å². The van der Waals surface area contributed by atoms with E-state index in [-0.39, 0.29) is 11.8 Å². The van der Waals surface area contributed by atoms with Crippen LogP contribution in [0.4, 0.5) is 0 Å². The Kier molecular flexibility index (Phi) is 3.79. The number of carbonyl (C=O) groups excluding carboxylic acids is 2. The summed E-state index contributed by atoms with van der Waals surface area (Å²) in [6.07, 6.45) is 1.37. The number of amides is 2. The average Bonchev–Trinajstić information content (AvgIpc) is 3.13. The molecule has 1 aromatic heterocycles. The first-order valence-corrected chi connectivity index (χ1v) is 7.32. The molecule has 0 N–H and O–H groups in total. The summed E-state index contributed by atoms with van der Waals surface area (Å²) in [5, 5.41) is 7.55. The van der Waals surface area contributed by atoms with Gasteiger partial charge in [0.15, 0.2) is 0 Å². The van der Waals surface area contributed by atoms with Gasteiger partial charge < -0.3 is 9.80 Å². The van der Waals surface area contributed by atoms with E-state index in [4.69, 9.17) is 0 Å². The Balaban J connectivity index is 1.68. The first kappa shape index (κ1) is 14.5. The summed E-state index contributed by atoms with van der Waals surface area (Å²) in [4.78, 5) is 27.5. The third-order valence-electron chi connectivity index (χ3n) is 4.05. The molecule has 0 radical (unpaired) electrons. The van der Waals surface area contributed by atoms with E-state index < -0.39 is 6.04 Å². The maximum Gasteiger partial charge on any atom is 0.245 e. The number of nitrogens with zero attached hydrogens (tertiary/aromatic N) is 4. The van der Waals surface area contributed by atoms with Crippen molar-refractivity contribution in [2.24, 2.45) is 0 Å². The van der Waals surface area contributed by atoms with Crippen molar-refractivity contribution >= 4 is 22.8 Å². The predicted molar refractivity (Wildman–Crippen MR) is 78.7 cm³/mol. The fraction of sp³-hybridized carbons (Fsp3) is 0.467. The lowest BCUT2D eigenvalue weighted by molar-refractivity contribution is -0.142. The van der Waals surface area contributed by atoms with Crippen LogP contribution in [0.15, 0.2) is 22.8 Å². The molecule has 1 fully saturated rings. The Bertz CT molecular complexity index is 712. The molecular weight excluding hydrogens is 284 g/mol. The van der Waals surface area contributed by atoms with Crippen molar-refractivity contribution in [1.82, 2.24) is 20.1 Å². The van der Waals surface area contributed by atoms with E-state index in [9.17, 15) is 9.59 Å². The van der Waals surface area contributed by atoms with E-state index in [1.165, 1.54) is 0 Å². The second-order valence-electron chi connectivity index (χ2n) is 5.65. The van der Waals surface area contributed by atoms with Crippen molar-refractivity contribution < 1.29 is 14.2 Å². The Labute approximate surface area is 127 Å². The van der Waals surface area contributed by atoms with Gasteiger partial charge >= 0.3 is 0 Å². The minimum Gasteiger partial charge on any atom is -0.340 e. The van der Waals surface area contributed by atoms with E-state index in [0.29, 0.717) is 30.5 Å². The van der Waals surface area contributed by atoms with Crippen LogP contribution in [0, 0.1) is 0 Å². The monoisotopic (exact) mass is 302 g/mol. The highest BCUT2D eigenvalue weighted by Crippen LogP contribution is 2.17. The highest BCUT2D eigenvalue weighted by Gasteiger charge is 2.30. The van der Waals surface area contributed by atoms with Crippen molar-refractivity contribution in [1.29, 1.82) is 0 Å². The molecule has 3 rings (SSSR count). The standard InChI is InChI=1S/C15H18N4O3/c1-10(19-7-3-4-14(19)20)15(21)18(2)9-11-5-6-12-13(8-11)17-22-16-12/h5-6,8,10H,3-4,7,9H2,1-2H3/t10-/m0/s1. The molecule has 0 aliphatic carbocycles. The molecule has 0 bridgehead atoms. The molecule has 22 heavy (non-hydrogen) atoms. The summed E-state index contributed by atoms with van der Waals surface area (Å²) in [7, 11) is 1.74. The first-order chi connectivity index (χ1) is 10.6. The van der Waals surface area contributed by atoms with Gasteiger partial charge in [-0.2, -0.15) is 0 Å². The third-order valence-corrected chi connectivity index (χ3v) is 4.05. The van der Waals surface area contributed by atoms with Crippen molar-refractivity contribution in [2.45, 2.75) is 32.4 Å². The van der Waals surface area contributed by atoms with E-state index in [1.54, 1.807) is 23.8 Å². The van der Waals surface area contributed by atoms with Gasteiger partial charge in [0.2, 0.25) is 11.8 Å². The normalized spacial score (nSPS) is 16.3. The van der Waals surface area contributed by atoms with Gasteiger partial charge in [-0.25, -0.2) is 4.63 Å². The quantitative estimate of drug-likeness (QED) is 0.847. The Morgan fingerprint density at radius 2 is 2.18 bits per heavy atom. The minimum atomic E-state index is -0.419. The Morgan fingerprint density at radius 3 is 2.91 bits per heavy atom. The highest BCUT2D eigenvalue weighted by atomic mass is 16.6. The molecule has 1 saturated heterocycles. The molecule has 0 saturated carbocycles. The van der Waals surface area contributed by atoms with E-state index >= 15 is 0 Å². The topological polar surface area (TPSA) is 79.5 Å². The van der Waals surface area contributed by atoms with E-state index in [0.717, 1.165) is 12.0 Å². The van der Waals surface area contributed by atoms with Gasteiger partial charge in [0.25, 0.3) is 0 Å². The molecule has 1 aliphatic rings. The Hall–Kier alpha value is -2.44. The number of hydrogen-bond acceptors (Lipinski definition) is 5. The van der Waals surface area contributed by atoms with Gasteiger partial charge in [0.1, 0.15) is 17.1 Å². The summed E-state index contributed by atoms with van der Waals surface area (Å²) in [6, 6.07) is 5.13. The lowest BCUT2D eigenvalue weighted by Crippen LogP contribution is -2.46. The molecule has 7 nitrogen and oxygen atoms in total. The number of carbonyl (C=O) groups is 2. The Morgan fingerprint density at radius 1 is 1.41 bits per heavy atom. The maximum atomic E-state index is 12.5. The summed E-state index contributed by atoms with van der Waals surface area (Å²) >= 11 is 0.